The molecule has 1 fully saturated rings. The van der Waals surface area contributed by atoms with Crippen molar-refractivity contribution in [2.24, 2.45) is 0 Å². The third-order valence-corrected chi connectivity index (χ3v) is 3.78. The molecule has 16 heavy (non-hydrogen) atoms. The molecule has 0 radical (unpaired) electrons. The lowest BCUT2D eigenvalue weighted by Gasteiger charge is -2.21. The average Bonchev–Trinajstić information content (AvgIpc) is 2.69. The lowest BCUT2D eigenvalue weighted by Crippen LogP contribution is -2.30. The molecule has 0 saturated heterocycles. The summed E-state index contributed by atoms with van der Waals surface area (Å²) in [6, 6.07) is 6.49. The molecule has 1 aromatic rings. The number of nitrogens with two attached hydrogens (primary N) is 1. The van der Waals surface area contributed by atoms with E-state index in [2.05, 4.69) is 34.0 Å². The van der Waals surface area contributed by atoms with E-state index in [1.807, 2.05) is 12.1 Å². The van der Waals surface area contributed by atoms with Gasteiger partial charge < -0.3 is 15.8 Å². The standard InChI is InChI=1S/C12H17IN2O/c1-16-12-4-2-3-11(12)15-10-6-5-8(13)7-9(10)14/h5-7,11-12,15H,2-4,14H2,1H3. The largest absolute Gasteiger partial charge is 0.397 e. The quantitative estimate of drug-likeness (QED) is 0.661. The molecule has 2 rings (SSSR count). The smallest absolute Gasteiger partial charge is 0.0772 e. The van der Waals surface area contributed by atoms with E-state index in [4.69, 9.17) is 10.5 Å². The van der Waals surface area contributed by atoms with Gasteiger partial charge in [-0.3, -0.25) is 0 Å². The van der Waals surface area contributed by atoms with Crippen LogP contribution < -0.4 is 11.1 Å². The summed E-state index contributed by atoms with van der Waals surface area (Å²) in [4.78, 5) is 0. The van der Waals surface area contributed by atoms with Gasteiger partial charge in [-0.2, -0.15) is 0 Å². The van der Waals surface area contributed by atoms with Gasteiger partial charge in [0.15, 0.2) is 0 Å². The fraction of sp³-hybridized carbons (Fsp3) is 0.500. The van der Waals surface area contributed by atoms with E-state index in [-0.39, 0.29) is 0 Å². The zero-order chi connectivity index (χ0) is 11.5. The number of rotatable bonds is 3. The Hall–Kier alpha value is -0.490. The lowest BCUT2D eigenvalue weighted by atomic mass is 10.2. The number of benzene rings is 1. The maximum Gasteiger partial charge on any atom is 0.0772 e. The van der Waals surface area contributed by atoms with Crippen LogP contribution in [0.25, 0.3) is 0 Å². The Morgan fingerprint density at radius 3 is 2.94 bits per heavy atom. The van der Waals surface area contributed by atoms with Gasteiger partial charge >= 0.3 is 0 Å². The van der Waals surface area contributed by atoms with Crippen LogP contribution in [0.1, 0.15) is 19.3 Å². The maximum atomic E-state index is 5.98. The zero-order valence-electron chi connectivity index (χ0n) is 9.37. The molecule has 1 aromatic carbocycles. The first-order valence-corrected chi connectivity index (χ1v) is 6.63. The second kappa shape index (κ2) is 5.23. The van der Waals surface area contributed by atoms with Crippen molar-refractivity contribution < 1.29 is 4.74 Å². The number of nitrogens with one attached hydrogen (secondary N) is 1. The summed E-state index contributed by atoms with van der Waals surface area (Å²) in [5, 5.41) is 3.48. The summed E-state index contributed by atoms with van der Waals surface area (Å²) < 4.78 is 6.62. The Morgan fingerprint density at radius 1 is 1.44 bits per heavy atom. The van der Waals surface area contributed by atoms with Gasteiger partial charge in [0.1, 0.15) is 0 Å². The van der Waals surface area contributed by atoms with Crippen molar-refractivity contribution in [2.45, 2.75) is 31.4 Å². The molecule has 0 bridgehead atoms. The fourth-order valence-electron chi connectivity index (χ4n) is 2.24. The second-order valence-corrected chi connectivity index (χ2v) is 5.43. The third-order valence-electron chi connectivity index (χ3n) is 3.11. The summed E-state index contributed by atoms with van der Waals surface area (Å²) in [5.41, 5.74) is 7.81. The summed E-state index contributed by atoms with van der Waals surface area (Å²) >= 11 is 2.27. The Labute approximate surface area is 110 Å². The molecular formula is C12H17IN2O. The van der Waals surface area contributed by atoms with Crippen LogP contribution in [0.15, 0.2) is 18.2 Å². The fourth-order valence-corrected chi connectivity index (χ4v) is 2.75. The van der Waals surface area contributed by atoms with Crippen molar-refractivity contribution >= 4 is 34.0 Å². The highest BCUT2D eigenvalue weighted by Gasteiger charge is 2.27. The zero-order valence-corrected chi connectivity index (χ0v) is 11.5. The first-order chi connectivity index (χ1) is 7.70. The number of anilines is 2. The number of nitrogen functional groups attached to an aromatic ring is 1. The maximum absolute atomic E-state index is 5.98. The minimum Gasteiger partial charge on any atom is -0.397 e. The lowest BCUT2D eigenvalue weighted by molar-refractivity contribution is 0.101. The summed E-state index contributed by atoms with van der Waals surface area (Å²) in [7, 11) is 1.78. The van der Waals surface area contributed by atoms with Gasteiger partial charge in [0.05, 0.1) is 23.5 Å². The average molecular weight is 332 g/mol. The van der Waals surface area contributed by atoms with Crippen molar-refractivity contribution in [3.05, 3.63) is 21.8 Å². The third kappa shape index (κ3) is 2.60. The first kappa shape index (κ1) is 12.0. The van der Waals surface area contributed by atoms with Crippen LogP contribution in [-0.4, -0.2) is 19.3 Å². The first-order valence-electron chi connectivity index (χ1n) is 5.55. The van der Waals surface area contributed by atoms with E-state index in [9.17, 15) is 0 Å². The van der Waals surface area contributed by atoms with Gasteiger partial charge in [-0.25, -0.2) is 0 Å². The molecule has 0 amide bonds. The van der Waals surface area contributed by atoms with Crippen molar-refractivity contribution in [2.75, 3.05) is 18.2 Å². The molecular weight excluding hydrogens is 315 g/mol. The van der Waals surface area contributed by atoms with Crippen molar-refractivity contribution in [1.82, 2.24) is 0 Å². The number of methoxy groups -OCH3 is 1. The Bertz CT molecular complexity index is 370. The van der Waals surface area contributed by atoms with E-state index in [0.717, 1.165) is 27.8 Å². The molecule has 2 unspecified atom stereocenters. The molecule has 0 aliphatic heterocycles. The Kier molecular flexibility index (Phi) is 3.91. The van der Waals surface area contributed by atoms with Crippen LogP contribution in [0, 0.1) is 3.57 Å². The molecule has 88 valence electrons. The van der Waals surface area contributed by atoms with E-state index in [1.54, 1.807) is 7.11 Å². The molecule has 1 aliphatic carbocycles. The van der Waals surface area contributed by atoms with Gasteiger partial charge in [-0.05, 0) is 60.1 Å². The van der Waals surface area contributed by atoms with Crippen molar-refractivity contribution in [3.63, 3.8) is 0 Å². The molecule has 0 heterocycles. The van der Waals surface area contributed by atoms with Crippen LogP contribution in [0.4, 0.5) is 11.4 Å². The summed E-state index contributed by atoms with van der Waals surface area (Å²) in [5.74, 6) is 0. The number of hydrogen-bond donors (Lipinski definition) is 2. The number of hydrogen-bond acceptors (Lipinski definition) is 3. The van der Waals surface area contributed by atoms with E-state index < -0.39 is 0 Å². The van der Waals surface area contributed by atoms with Gasteiger partial charge in [0.25, 0.3) is 0 Å². The normalized spacial score (nSPS) is 24.6. The topological polar surface area (TPSA) is 47.3 Å². The van der Waals surface area contributed by atoms with Crippen LogP contribution in [0.5, 0.6) is 0 Å². The predicted octanol–water partition coefficient (Wildman–Crippen LogP) is 2.85. The number of halogens is 1. The molecule has 4 heteroatoms. The SMILES string of the molecule is COC1CCCC1Nc1ccc(I)cc1N. The summed E-state index contributed by atoms with van der Waals surface area (Å²) in [6.07, 6.45) is 3.83. The highest BCUT2D eigenvalue weighted by atomic mass is 127. The van der Waals surface area contributed by atoms with E-state index in [0.29, 0.717) is 12.1 Å². The highest BCUT2D eigenvalue weighted by molar-refractivity contribution is 14.1. The van der Waals surface area contributed by atoms with Crippen LogP contribution >= 0.6 is 22.6 Å². The molecule has 1 saturated carbocycles. The summed E-state index contributed by atoms with van der Waals surface area (Å²) in [6.45, 7) is 0. The molecule has 3 nitrogen and oxygen atoms in total. The van der Waals surface area contributed by atoms with Crippen LogP contribution in [0.3, 0.4) is 0 Å². The van der Waals surface area contributed by atoms with Gasteiger partial charge in [0.2, 0.25) is 0 Å². The molecule has 0 spiro atoms. The minimum absolute atomic E-state index is 0.318. The monoisotopic (exact) mass is 332 g/mol. The van der Waals surface area contributed by atoms with Gasteiger partial charge in [0, 0.05) is 10.7 Å². The molecule has 3 N–H and O–H groups in total. The van der Waals surface area contributed by atoms with Crippen LogP contribution in [-0.2, 0) is 4.74 Å². The Morgan fingerprint density at radius 2 is 2.25 bits per heavy atom. The highest BCUT2D eigenvalue weighted by Crippen LogP contribution is 2.28. The van der Waals surface area contributed by atoms with Crippen molar-refractivity contribution in [1.29, 1.82) is 0 Å². The van der Waals surface area contributed by atoms with E-state index >= 15 is 0 Å². The minimum atomic E-state index is 0.318. The van der Waals surface area contributed by atoms with Crippen LogP contribution in [0.2, 0.25) is 0 Å². The number of ether oxygens (including phenoxy) is 1. The molecule has 2 atom stereocenters. The molecule has 0 aromatic heterocycles. The Balaban J connectivity index is 2.08. The van der Waals surface area contributed by atoms with Gasteiger partial charge in [-0.15, -0.1) is 0 Å². The van der Waals surface area contributed by atoms with Crippen molar-refractivity contribution in [3.8, 4) is 0 Å². The molecule has 1 aliphatic rings. The predicted molar refractivity (Wildman–Crippen MR) is 75.6 cm³/mol. The second-order valence-electron chi connectivity index (χ2n) is 4.19. The van der Waals surface area contributed by atoms with E-state index in [1.165, 1.54) is 6.42 Å². The van der Waals surface area contributed by atoms with Gasteiger partial charge in [-0.1, -0.05) is 0 Å².